The average Bonchev–Trinajstić information content (AvgIpc) is 3.61. The molecule has 444 valence electrons. The van der Waals surface area contributed by atoms with E-state index in [-0.39, 0.29) is 17.7 Å². The smallest absolute Gasteiger partial charge is 0.248 e. The molecule has 0 aliphatic carbocycles. The summed E-state index contributed by atoms with van der Waals surface area (Å²) in [7, 11) is 13.8. The summed E-state index contributed by atoms with van der Waals surface area (Å²) in [6, 6.07) is 49.6. The van der Waals surface area contributed by atoms with Crippen LogP contribution in [-0.2, 0) is 43.5 Å². The van der Waals surface area contributed by atoms with Gasteiger partial charge in [0.2, 0.25) is 17.7 Å². The van der Waals surface area contributed by atoms with Gasteiger partial charge in [0.05, 0.1) is 86.8 Å². The number of nitrogens with zero attached hydrogens (tertiary/aromatic N) is 3. The van der Waals surface area contributed by atoms with Crippen molar-refractivity contribution in [3.05, 3.63) is 211 Å². The van der Waals surface area contributed by atoms with Crippen LogP contribution in [0.4, 0.5) is 17.1 Å². The molecule has 6 aromatic rings. The lowest BCUT2D eigenvalue weighted by atomic mass is 10.0. The number of carbonyl (C=O) groups is 3. The molecule has 3 saturated heterocycles. The van der Waals surface area contributed by atoms with E-state index in [9.17, 15) is 14.4 Å². The summed E-state index contributed by atoms with van der Waals surface area (Å²) in [5, 5.41) is 9.41. The van der Waals surface area contributed by atoms with E-state index >= 15 is 0 Å². The molecule has 0 spiro atoms. The number of halogens is 3. The number of anilines is 3. The lowest BCUT2D eigenvalue weighted by Crippen LogP contribution is -2.50. The number of benzene rings is 6. The van der Waals surface area contributed by atoms with Gasteiger partial charge in [-0.15, -0.1) is 0 Å². The Balaban J connectivity index is 0.000000181. The normalized spacial score (nSPS) is 15.7. The van der Waals surface area contributed by atoms with Gasteiger partial charge >= 0.3 is 0 Å². The second kappa shape index (κ2) is 32.7. The first-order chi connectivity index (χ1) is 40.3. The van der Waals surface area contributed by atoms with Crippen LogP contribution in [0.5, 0.6) is 0 Å². The van der Waals surface area contributed by atoms with Crippen molar-refractivity contribution in [2.45, 2.75) is 76.3 Å². The zero-order valence-electron chi connectivity index (χ0n) is 49.6. The molecule has 0 unspecified atom stereocenters. The first kappa shape index (κ1) is 65.9. The van der Waals surface area contributed by atoms with Gasteiger partial charge in [0.25, 0.3) is 0 Å². The fourth-order valence-corrected chi connectivity index (χ4v) is 13.0. The molecule has 0 radical (unpaired) electrons. The van der Waals surface area contributed by atoms with Crippen molar-refractivity contribution in [3.8, 4) is 0 Å². The highest BCUT2D eigenvalue weighted by Crippen LogP contribution is 2.28. The number of thioether (sulfide) groups is 1. The molecule has 3 aliphatic rings. The Labute approximate surface area is 525 Å². The van der Waals surface area contributed by atoms with Gasteiger partial charge in [-0.05, 0) is 119 Å². The lowest BCUT2D eigenvalue weighted by Gasteiger charge is -2.40. The van der Waals surface area contributed by atoms with Gasteiger partial charge in [-0.2, -0.15) is 11.8 Å². The number of carbonyl (C=O) groups excluding carboxylic acids is 3. The number of rotatable bonds is 18. The Hall–Kier alpha value is -5.65. The summed E-state index contributed by atoms with van der Waals surface area (Å²) in [6.45, 7) is 6.41. The molecule has 0 saturated carbocycles. The second-order valence-electron chi connectivity index (χ2n) is 23.6. The van der Waals surface area contributed by atoms with Gasteiger partial charge in [0.15, 0.2) is 0 Å². The predicted molar refractivity (Wildman–Crippen MR) is 358 cm³/mol. The number of nitrogens with one attached hydrogen (secondary N) is 3. The number of hydrogen-bond donors (Lipinski definition) is 3. The first-order valence-electron chi connectivity index (χ1n) is 29.0. The molecule has 3 heterocycles. The van der Waals surface area contributed by atoms with Crippen molar-refractivity contribution in [2.24, 2.45) is 0 Å². The summed E-state index contributed by atoms with van der Waals surface area (Å²) in [5.41, 5.74) is 9.14. The van der Waals surface area contributed by atoms with Crippen molar-refractivity contribution < 1.29 is 37.3 Å². The molecule has 3 fully saturated rings. The standard InChI is InChI=1S/C23H27BrN2O2.C23H27BrN2OS.C23H27ClN2O2/c3*1-26(2,22-12-14-28-15-13-22)17-19-6-9-21(10-7-19)25-23(27)11-8-18-4-3-5-20(24)16-18/h3*3-11,16,22H,12-15,17H2,1-2H3/p+3/b3*11-8+. The van der Waals surface area contributed by atoms with Crippen LogP contribution in [0.3, 0.4) is 0 Å². The van der Waals surface area contributed by atoms with Crippen LogP contribution in [0.25, 0.3) is 18.2 Å². The van der Waals surface area contributed by atoms with E-state index < -0.39 is 0 Å². The van der Waals surface area contributed by atoms with Crippen molar-refractivity contribution in [1.82, 2.24) is 0 Å². The molecule has 3 amide bonds. The monoisotopic (exact) mass is 1300 g/mol. The van der Waals surface area contributed by atoms with E-state index in [1.165, 1.54) is 47.1 Å². The van der Waals surface area contributed by atoms with Crippen LogP contribution in [0.15, 0.2) is 173 Å². The summed E-state index contributed by atoms with van der Waals surface area (Å²) in [4.78, 5) is 36.5. The first-order valence-corrected chi connectivity index (χ1v) is 32.1. The SMILES string of the molecule is C[N+](C)(Cc1ccc(NC(=O)/C=C/c2cccc(Br)c2)cc1)C1CCOCC1.C[N+](C)(Cc1ccc(NC(=O)/C=C/c2cccc(Br)c2)cc1)C1CCSCC1.C[N+](C)(Cc1ccc(NC(=O)/C=C/c2cccc(Cl)c2)cc1)C1CCOCC1. The molecule has 0 bridgehead atoms. The van der Waals surface area contributed by atoms with E-state index in [4.69, 9.17) is 21.1 Å². The van der Waals surface area contributed by atoms with Gasteiger partial charge in [0, 0.05) is 104 Å². The summed E-state index contributed by atoms with van der Waals surface area (Å²) in [5.74, 6) is 2.15. The van der Waals surface area contributed by atoms with Gasteiger partial charge in [-0.3, -0.25) is 14.4 Å². The predicted octanol–water partition coefficient (Wildman–Crippen LogP) is 15.2. The maximum Gasteiger partial charge on any atom is 0.248 e. The van der Waals surface area contributed by atoms with E-state index in [1.54, 1.807) is 18.2 Å². The van der Waals surface area contributed by atoms with Crippen molar-refractivity contribution in [1.29, 1.82) is 0 Å². The lowest BCUT2D eigenvalue weighted by molar-refractivity contribution is -0.929. The molecule has 0 aromatic heterocycles. The van der Waals surface area contributed by atoms with E-state index in [0.717, 1.165) is 134 Å². The third-order valence-corrected chi connectivity index (χ3v) is 18.1. The maximum absolute atomic E-state index is 12.2. The Morgan fingerprint density at radius 1 is 0.464 bits per heavy atom. The van der Waals surface area contributed by atoms with Crippen LogP contribution in [-0.4, -0.2) is 130 Å². The van der Waals surface area contributed by atoms with Crippen molar-refractivity contribution in [2.75, 3.05) is 96.2 Å². The maximum atomic E-state index is 12.2. The van der Waals surface area contributed by atoms with E-state index in [2.05, 4.69) is 138 Å². The average molecular weight is 1300 g/mol. The van der Waals surface area contributed by atoms with E-state index in [0.29, 0.717) is 17.1 Å². The Morgan fingerprint density at radius 3 is 1.10 bits per heavy atom. The number of quaternary nitrogens is 3. The molecule has 3 N–H and O–H groups in total. The topological polar surface area (TPSA) is 106 Å². The van der Waals surface area contributed by atoms with Crippen molar-refractivity contribution >= 4 is 108 Å². The van der Waals surface area contributed by atoms with Gasteiger partial charge < -0.3 is 38.9 Å². The van der Waals surface area contributed by atoms with Crippen LogP contribution in [0.1, 0.15) is 71.9 Å². The summed E-state index contributed by atoms with van der Waals surface area (Å²) < 4.78 is 15.9. The summed E-state index contributed by atoms with van der Waals surface area (Å²) in [6.07, 6.45) is 17.1. The molecular formula is C69H84Br2ClN6O5S+3. The number of hydrogen-bond acceptors (Lipinski definition) is 6. The Bertz CT molecular complexity index is 2820. The number of amides is 3. The second-order valence-corrected chi connectivity index (χ2v) is 27.1. The van der Waals surface area contributed by atoms with E-state index in [1.807, 2.05) is 121 Å². The van der Waals surface area contributed by atoms with Gasteiger partial charge in [0.1, 0.15) is 19.6 Å². The van der Waals surface area contributed by atoms with Gasteiger partial charge in [-0.25, -0.2) is 0 Å². The minimum atomic E-state index is -0.161. The van der Waals surface area contributed by atoms with Crippen molar-refractivity contribution in [3.63, 3.8) is 0 Å². The molecule has 0 atom stereocenters. The molecule has 3 aliphatic heterocycles. The Kier molecular flexibility index (Phi) is 25.7. The fourth-order valence-electron chi connectivity index (χ4n) is 10.9. The fraction of sp³-hybridized carbons (Fsp3) is 0.348. The zero-order valence-corrected chi connectivity index (χ0v) is 54.3. The van der Waals surface area contributed by atoms with Crippen LogP contribution < -0.4 is 16.0 Å². The largest absolute Gasteiger partial charge is 0.381 e. The quantitative estimate of drug-likeness (QED) is 0.0585. The highest BCUT2D eigenvalue weighted by molar-refractivity contribution is 9.10. The Morgan fingerprint density at radius 2 is 0.774 bits per heavy atom. The third kappa shape index (κ3) is 22.6. The number of ether oxygens (including phenoxy) is 2. The molecule has 84 heavy (non-hydrogen) atoms. The van der Waals surface area contributed by atoms with Gasteiger partial charge in [-0.1, -0.05) is 116 Å². The van der Waals surface area contributed by atoms with Crippen LogP contribution in [0, 0.1) is 0 Å². The molecule has 15 heteroatoms. The highest BCUT2D eigenvalue weighted by atomic mass is 79.9. The molecule has 11 nitrogen and oxygen atoms in total. The minimum absolute atomic E-state index is 0.122. The molecule has 9 rings (SSSR count). The third-order valence-electron chi connectivity index (χ3n) is 15.8. The molecule has 6 aromatic carbocycles. The zero-order chi connectivity index (χ0) is 60.0. The summed E-state index contributed by atoms with van der Waals surface area (Å²) >= 11 is 14.9. The highest BCUT2D eigenvalue weighted by Gasteiger charge is 2.32. The van der Waals surface area contributed by atoms with Crippen LogP contribution >= 0.6 is 55.2 Å². The molecular weight excluding hydrogens is 1220 g/mol. The van der Waals surface area contributed by atoms with Crippen LogP contribution in [0.2, 0.25) is 5.02 Å². The minimum Gasteiger partial charge on any atom is -0.381 e.